The van der Waals surface area contributed by atoms with E-state index in [0.29, 0.717) is 29.0 Å². The largest absolute Gasteiger partial charge is 0.427 e. The van der Waals surface area contributed by atoms with E-state index in [-0.39, 0.29) is 17.1 Å². The van der Waals surface area contributed by atoms with Gasteiger partial charge >= 0.3 is 5.63 Å². The monoisotopic (exact) mass is 496 g/mol. The van der Waals surface area contributed by atoms with Crippen molar-refractivity contribution in [2.24, 2.45) is 5.92 Å². The summed E-state index contributed by atoms with van der Waals surface area (Å²) in [5.41, 5.74) is 0.148. The quantitative estimate of drug-likeness (QED) is 0.172. The first-order chi connectivity index (χ1) is 17.6. The minimum absolute atomic E-state index is 0.118. The number of aryl methyl sites for hydroxylation is 1. The van der Waals surface area contributed by atoms with Crippen molar-refractivity contribution in [3.63, 3.8) is 0 Å². The van der Waals surface area contributed by atoms with Crippen LogP contribution < -0.4 is 5.63 Å². The van der Waals surface area contributed by atoms with Crippen molar-refractivity contribution in [3.8, 4) is 0 Å². The van der Waals surface area contributed by atoms with Gasteiger partial charge in [-0.2, -0.15) is 0 Å². The summed E-state index contributed by atoms with van der Waals surface area (Å²) in [5.74, 6) is 1.17. The molecule has 0 N–H and O–H groups in total. The van der Waals surface area contributed by atoms with Crippen molar-refractivity contribution in [1.82, 2.24) is 0 Å². The molecule has 1 saturated carbocycles. The lowest BCUT2D eigenvalue weighted by atomic mass is 9.77. The van der Waals surface area contributed by atoms with Crippen molar-refractivity contribution in [1.29, 1.82) is 0 Å². The average molecular weight is 497 g/mol. The normalized spacial score (nSPS) is 18.3. The summed E-state index contributed by atoms with van der Waals surface area (Å²) in [6, 6.07) is 5.67. The lowest BCUT2D eigenvalue weighted by Crippen LogP contribution is -2.15. The van der Waals surface area contributed by atoms with Gasteiger partial charge < -0.3 is 9.15 Å². The van der Waals surface area contributed by atoms with Gasteiger partial charge in [-0.15, -0.1) is 6.58 Å². The molecule has 1 aliphatic rings. The van der Waals surface area contributed by atoms with Gasteiger partial charge in [-0.1, -0.05) is 50.1 Å². The zero-order valence-corrected chi connectivity index (χ0v) is 22.2. The number of benzene rings is 1. The Kier molecular flexibility index (Phi) is 12.5. The number of ether oxygens (including phenoxy) is 1. The van der Waals surface area contributed by atoms with Crippen LogP contribution in [0.25, 0.3) is 10.8 Å². The zero-order valence-electron chi connectivity index (χ0n) is 22.2. The first-order valence-corrected chi connectivity index (χ1v) is 14.2. The molecule has 1 fully saturated rings. The molecule has 2 aromatic rings. The summed E-state index contributed by atoms with van der Waals surface area (Å²) in [4.78, 5) is 12.7. The van der Waals surface area contributed by atoms with Gasteiger partial charge in [0, 0.05) is 19.6 Å². The van der Waals surface area contributed by atoms with Crippen LogP contribution in [0.1, 0.15) is 108 Å². The van der Waals surface area contributed by atoms with Crippen LogP contribution in [-0.2, 0) is 11.2 Å². The second kappa shape index (κ2) is 15.8. The van der Waals surface area contributed by atoms with Gasteiger partial charge in [0.15, 0.2) is 0 Å². The molecule has 0 saturated heterocycles. The number of rotatable bonds is 16. The molecule has 1 aliphatic carbocycles. The third-order valence-corrected chi connectivity index (χ3v) is 7.53. The Morgan fingerprint density at radius 1 is 1.03 bits per heavy atom. The maximum Gasteiger partial charge on any atom is 0.346 e. The van der Waals surface area contributed by atoms with Gasteiger partial charge in [-0.3, -0.25) is 0 Å². The Bertz CT molecular complexity index is 1010. The highest BCUT2D eigenvalue weighted by Gasteiger charge is 2.25. The maximum atomic E-state index is 15.5. The molecule has 0 unspecified atom stereocenters. The highest BCUT2D eigenvalue weighted by atomic mass is 19.1. The van der Waals surface area contributed by atoms with Crippen molar-refractivity contribution >= 4 is 10.8 Å². The van der Waals surface area contributed by atoms with E-state index in [0.717, 1.165) is 90.3 Å². The molecule has 36 heavy (non-hydrogen) atoms. The van der Waals surface area contributed by atoms with E-state index >= 15 is 4.39 Å². The maximum absolute atomic E-state index is 15.5. The smallest absolute Gasteiger partial charge is 0.346 e. The van der Waals surface area contributed by atoms with Gasteiger partial charge in [0.1, 0.15) is 17.0 Å². The Hall–Kier alpha value is -2.20. The molecule has 3 rings (SSSR count). The Balaban J connectivity index is 1.50. The summed E-state index contributed by atoms with van der Waals surface area (Å²) < 4.78 is 26.6. The molecular formula is C32H45FO3. The zero-order chi connectivity index (χ0) is 25.6. The number of halogens is 1. The third-order valence-electron chi connectivity index (χ3n) is 7.53. The van der Waals surface area contributed by atoms with Gasteiger partial charge in [-0.05, 0) is 99.5 Å². The Morgan fingerprint density at radius 3 is 2.58 bits per heavy atom. The predicted octanol–water partition coefficient (Wildman–Crippen LogP) is 9.04. The summed E-state index contributed by atoms with van der Waals surface area (Å²) in [6.45, 7) is 7.53. The standard InChI is InChI=1S/C32H45FO3/c1-3-5-7-8-9-11-14-25-16-18-26(19-17-25)29-21-20-27-24-28(36-32(34)30(27)31(29)33)15-12-10-13-23-35-22-6-4-2/h3,8-9,20-21,24-26H,1,4-7,10-19,22-23H2,2H3/b9-8+. The van der Waals surface area contributed by atoms with Crippen LogP contribution in [0.3, 0.4) is 0 Å². The summed E-state index contributed by atoms with van der Waals surface area (Å²) in [6.07, 6.45) is 21.1. The van der Waals surface area contributed by atoms with Crippen molar-refractivity contribution in [2.45, 2.75) is 103 Å². The van der Waals surface area contributed by atoms with Crippen molar-refractivity contribution in [2.75, 3.05) is 13.2 Å². The molecule has 1 aromatic carbocycles. The average Bonchev–Trinajstić information content (AvgIpc) is 2.88. The van der Waals surface area contributed by atoms with Crippen LogP contribution in [0.4, 0.5) is 4.39 Å². The molecule has 0 spiro atoms. The van der Waals surface area contributed by atoms with E-state index in [1.54, 1.807) is 0 Å². The molecule has 0 atom stereocenters. The van der Waals surface area contributed by atoms with Crippen LogP contribution in [0.15, 0.2) is 52.2 Å². The molecule has 4 heteroatoms. The van der Waals surface area contributed by atoms with Gasteiger partial charge in [0.2, 0.25) is 0 Å². The molecule has 1 aromatic heterocycles. The summed E-state index contributed by atoms with van der Waals surface area (Å²) in [5, 5.41) is 0.773. The second-order valence-electron chi connectivity index (χ2n) is 10.3. The molecule has 0 aliphatic heterocycles. The summed E-state index contributed by atoms with van der Waals surface area (Å²) in [7, 11) is 0. The second-order valence-corrected chi connectivity index (χ2v) is 10.3. The Labute approximate surface area is 216 Å². The fourth-order valence-electron chi connectivity index (χ4n) is 5.32. The van der Waals surface area contributed by atoms with E-state index in [9.17, 15) is 4.79 Å². The van der Waals surface area contributed by atoms with Crippen LogP contribution in [0, 0.1) is 11.7 Å². The minimum Gasteiger partial charge on any atom is -0.427 e. The number of hydrogen-bond donors (Lipinski definition) is 0. The number of allylic oxidation sites excluding steroid dienone is 3. The van der Waals surface area contributed by atoms with Crippen LogP contribution in [-0.4, -0.2) is 13.2 Å². The van der Waals surface area contributed by atoms with Gasteiger partial charge in [-0.25, -0.2) is 9.18 Å². The van der Waals surface area contributed by atoms with Gasteiger partial charge in [0.05, 0.1) is 0 Å². The first kappa shape index (κ1) is 28.4. The van der Waals surface area contributed by atoms with E-state index in [1.807, 2.05) is 24.3 Å². The fourth-order valence-corrected chi connectivity index (χ4v) is 5.32. The molecule has 0 radical (unpaired) electrons. The molecular weight excluding hydrogens is 451 g/mol. The molecule has 198 valence electrons. The highest BCUT2D eigenvalue weighted by Crippen LogP contribution is 2.39. The van der Waals surface area contributed by atoms with Crippen LogP contribution in [0.2, 0.25) is 0 Å². The van der Waals surface area contributed by atoms with Crippen LogP contribution >= 0.6 is 0 Å². The first-order valence-electron chi connectivity index (χ1n) is 14.2. The lowest BCUT2D eigenvalue weighted by Gasteiger charge is -2.29. The third kappa shape index (κ3) is 8.73. The van der Waals surface area contributed by atoms with Gasteiger partial charge in [0.25, 0.3) is 0 Å². The lowest BCUT2D eigenvalue weighted by molar-refractivity contribution is 0.127. The Morgan fingerprint density at radius 2 is 1.81 bits per heavy atom. The topological polar surface area (TPSA) is 39.4 Å². The molecule has 3 nitrogen and oxygen atoms in total. The molecule has 0 bridgehead atoms. The molecule has 1 heterocycles. The highest BCUT2D eigenvalue weighted by molar-refractivity contribution is 5.83. The fraction of sp³-hybridized carbons (Fsp3) is 0.594. The van der Waals surface area contributed by atoms with E-state index in [1.165, 1.54) is 6.42 Å². The van der Waals surface area contributed by atoms with Crippen molar-refractivity contribution < 1.29 is 13.5 Å². The van der Waals surface area contributed by atoms with Crippen molar-refractivity contribution in [3.05, 3.63) is 70.6 Å². The number of fused-ring (bicyclic) bond motifs is 1. The molecule has 0 amide bonds. The van der Waals surface area contributed by atoms with E-state index < -0.39 is 5.63 Å². The SMILES string of the molecule is C=CCC/C=C/CCC1CCC(c2ccc3cc(CCCCCOCCCC)oc(=O)c3c2F)CC1. The summed E-state index contributed by atoms with van der Waals surface area (Å²) >= 11 is 0. The van der Waals surface area contributed by atoms with E-state index in [2.05, 4.69) is 25.7 Å². The van der Waals surface area contributed by atoms with Crippen LogP contribution in [0.5, 0.6) is 0 Å². The predicted molar refractivity (Wildman–Crippen MR) is 148 cm³/mol. The number of unbranched alkanes of at least 4 members (excludes halogenated alkanes) is 4. The van der Waals surface area contributed by atoms with E-state index in [4.69, 9.17) is 9.15 Å². The minimum atomic E-state index is -0.540. The number of hydrogen-bond acceptors (Lipinski definition) is 3.